The molecule has 0 aromatic heterocycles. The summed E-state index contributed by atoms with van der Waals surface area (Å²) in [6, 6.07) is 0. The topological polar surface area (TPSA) is 21.3 Å². The third kappa shape index (κ3) is 7.37. The summed E-state index contributed by atoms with van der Waals surface area (Å²) in [5.74, 6) is -4.25. The Labute approximate surface area is 80.4 Å². The van der Waals surface area contributed by atoms with Gasteiger partial charge < -0.3 is 5.32 Å². The van der Waals surface area contributed by atoms with Gasteiger partial charge in [-0.25, -0.2) is 8.78 Å². The summed E-state index contributed by atoms with van der Waals surface area (Å²) in [5, 5.41) is 1.72. The van der Waals surface area contributed by atoms with Gasteiger partial charge in [-0.15, -0.1) is 13.2 Å². The summed E-state index contributed by atoms with van der Waals surface area (Å²) in [5.41, 5.74) is 0. The van der Waals surface area contributed by atoms with Gasteiger partial charge in [0.2, 0.25) is 0 Å². The minimum atomic E-state index is -4.85. The molecule has 15 heavy (non-hydrogen) atoms. The van der Waals surface area contributed by atoms with Crippen LogP contribution in [0, 0.1) is 0 Å². The first-order valence-electron chi connectivity index (χ1n) is 3.72. The Morgan fingerprint density at radius 1 is 1.07 bits per heavy atom. The summed E-state index contributed by atoms with van der Waals surface area (Å²) in [6.45, 7) is -2.91. The van der Waals surface area contributed by atoms with Crippen molar-refractivity contribution < 1.29 is 35.5 Å². The molecular weight excluding hydrogens is 235 g/mol. The molecule has 0 heterocycles. The Hall–Kier alpha value is -0.570. The van der Waals surface area contributed by atoms with Crippen LogP contribution < -0.4 is 5.32 Å². The molecule has 0 rings (SSSR count). The van der Waals surface area contributed by atoms with Crippen molar-refractivity contribution in [2.45, 2.75) is 18.7 Å². The van der Waals surface area contributed by atoms with Gasteiger partial charge in [0, 0.05) is 6.54 Å². The molecule has 0 fully saturated rings. The van der Waals surface area contributed by atoms with Crippen molar-refractivity contribution in [3.63, 3.8) is 0 Å². The van der Waals surface area contributed by atoms with Crippen molar-refractivity contribution >= 4 is 0 Å². The first kappa shape index (κ1) is 14.4. The largest absolute Gasteiger partial charge is 0.522 e. The molecule has 0 aliphatic carbocycles. The zero-order valence-corrected chi connectivity index (χ0v) is 7.25. The van der Waals surface area contributed by atoms with Crippen molar-refractivity contribution in [2.75, 3.05) is 19.7 Å². The molecule has 0 saturated carbocycles. The van der Waals surface area contributed by atoms with Crippen molar-refractivity contribution in [1.29, 1.82) is 0 Å². The van der Waals surface area contributed by atoms with Crippen LogP contribution in [-0.2, 0) is 4.74 Å². The third-order valence-corrected chi connectivity index (χ3v) is 1.22. The minimum absolute atomic E-state index is 0.595. The molecule has 0 saturated heterocycles. The van der Waals surface area contributed by atoms with Gasteiger partial charge in [-0.05, 0) is 0 Å². The van der Waals surface area contributed by atoms with E-state index in [9.17, 15) is 30.7 Å². The Morgan fingerprint density at radius 2 is 1.60 bits per heavy atom. The van der Waals surface area contributed by atoms with Crippen molar-refractivity contribution in [1.82, 2.24) is 5.32 Å². The van der Waals surface area contributed by atoms with Crippen LogP contribution in [0.1, 0.15) is 0 Å². The van der Waals surface area contributed by atoms with Crippen LogP contribution in [0.3, 0.4) is 0 Å². The zero-order valence-electron chi connectivity index (χ0n) is 7.25. The molecule has 0 aromatic carbocycles. The molecule has 0 aliphatic rings. The maximum Gasteiger partial charge on any atom is 0.522 e. The predicted molar refractivity (Wildman–Crippen MR) is 35.8 cm³/mol. The average molecular weight is 243 g/mol. The number of nitrogens with one attached hydrogen (secondary N) is 1. The standard InChI is InChI=1S/C6H8F7NO/c7-4(8)5(9,10)3-14-1-2-15-6(11,12)13/h4,14H,1-3H2. The highest BCUT2D eigenvalue weighted by molar-refractivity contribution is 4.71. The maximum atomic E-state index is 12.1. The first-order chi connectivity index (χ1) is 6.65. The minimum Gasteiger partial charge on any atom is -0.309 e. The van der Waals surface area contributed by atoms with E-state index in [0.717, 1.165) is 0 Å². The molecule has 9 heteroatoms. The van der Waals surface area contributed by atoms with E-state index in [2.05, 4.69) is 4.74 Å². The van der Waals surface area contributed by atoms with E-state index >= 15 is 0 Å². The lowest BCUT2D eigenvalue weighted by Gasteiger charge is -2.15. The van der Waals surface area contributed by atoms with E-state index in [0.29, 0.717) is 0 Å². The van der Waals surface area contributed by atoms with E-state index in [4.69, 9.17) is 0 Å². The molecule has 1 N–H and O–H groups in total. The van der Waals surface area contributed by atoms with Gasteiger partial charge in [-0.1, -0.05) is 0 Å². The molecule has 0 unspecified atom stereocenters. The second-order valence-electron chi connectivity index (χ2n) is 2.53. The molecule has 0 aliphatic heterocycles. The predicted octanol–water partition coefficient (Wildman–Crippen LogP) is 2.01. The summed E-state index contributed by atoms with van der Waals surface area (Å²) in [7, 11) is 0. The van der Waals surface area contributed by atoms with Gasteiger partial charge >= 0.3 is 18.7 Å². The van der Waals surface area contributed by atoms with Crippen LogP contribution in [0.25, 0.3) is 0 Å². The van der Waals surface area contributed by atoms with Crippen molar-refractivity contribution in [3.05, 3.63) is 0 Å². The lowest BCUT2D eigenvalue weighted by molar-refractivity contribution is -0.323. The van der Waals surface area contributed by atoms with Gasteiger partial charge in [-0.3, -0.25) is 4.74 Å². The Balaban J connectivity index is 3.55. The van der Waals surface area contributed by atoms with E-state index < -0.39 is 38.4 Å². The first-order valence-corrected chi connectivity index (χ1v) is 3.72. The molecule has 0 spiro atoms. The van der Waals surface area contributed by atoms with E-state index in [1.165, 1.54) is 0 Å². The molecule has 92 valence electrons. The molecule has 0 amide bonds. The monoisotopic (exact) mass is 243 g/mol. The van der Waals surface area contributed by atoms with Crippen LogP contribution in [0.4, 0.5) is 30.7 Å². The molecule has 0 bridgehead atoms. The average Bonchev–Trinajstić information content (AvgIpc) is 2.00. The van der Waals surface area contributed by atoms with Gasteiger partial charge in [0.05, 0.1) is 13.2 Å². The lowest BCUT2D eigenvalue weighted by Crippen LogP contribution is -2.40. The van der Waals surface area contributed by atoms with Crippen LogP contribution in [0.15, 0.2) is 0 Å². The number of rotatable bonds is 6. The zero-order chi connectivity index (χ0) is 12.1. The van der Waals surface area contributed by atoms with Crippen molar-refractivity contribution in [3.8, 4) is 0 Å². The van der Waals surface area contributed by atoms with Gasteiger partial charge in [0.15, 0.2) is 0 Å². The number of halogens is 7. The number of hydrogen-bond acceptors (Lipinski definition) is 2. The highest BCUT2D eigenvalue weighted by Gasteiger charge is 2.40. The number of hydrogen-bond donors (Lipinski definition) is 1. The Kier molecular flexibility index (Phi) is 5.29. The third-order valence-electron chi connectivity index (χ3n) is 1.22. The second kappa shape index (κ2) is 5.50. The normalized spacial score (nSPS) is 13.6. The lowest BCUT2D eigenvalue weighted by atomic mass is 10.3. The molecule has 2 nitrogen and oxygen atoms in total. The highest BCUT2D eigenvalue weighted by Crippen LogP contribution is 2.21. The van der Waals surface area contributed by atoms with Gasteiger partial charge in [-0.2, -0.15) is 8.78 Å². The fraction of sp³-hybridized carbons (Fsp3) is 1.00. The fourth-order valence-corrected chi connectivity index (χ4v) is 0.571. The quantitative estimate of drug-likeness (QED) is 0.569. The molecule has 0 aromatic rings. The van der Waals surface area contributed by atoms with Crippen LogP contribution in [-0.4, -0.2) is 38.4 Å². The Morgan fingerprint density at radius 3 is 2.00 bits per heavy atom. The van der Waals surface area contributed by atoms with Gasteiger partial charge in [0.1, 0.15) is 0 Å². The van der Waals surface area contributed by atoms with E-state index in [1.807, 2.05) is 0 Å². The van der Waals surface area contributed by atoms with E-state index in [-0.39, 0.29) is 0 Å². The Bertz CT molecular complexity index is 181. The molecular formula is C6H8F7NO. The van der Waals surface area contributed by atoms with Gasteiger partial charge in [0.25, 0.3) is 0 Å². The second-order valence-corrected chi connectivity index (χ2v) is 2.53. The number of alkyl halides is 7. The van der Waals surface area contributed by atoms with Crippen LogP contribution in [0.5, 0.6) is 0 Å². The van der Waals surface area contributed by atoms with E-state index in [1.54, 1.807) is 5.32 Å². The smallest absolute Gasteiger partial charge is 0.309 e. The van der Waals surface area contributed by atoms with Crippen LogP contribution >= 0.6 is 0 Å². The summed E-state index contributed by atoms with van der Waals surface area (Å²) < 4.78 is 84.5. The maximum absolute atomic E-state index is 12.1. The summed E-state index contributed by atoms with van der Waals surface area (Å²) >= 11 is 0. The van der Waals surface area contributed by atoms with Crippen molar-refractivity contribution in [2.24, 2.45) is 0 Å². The van der Waals surface area contributed by atoms with Crippen LogP contribution in [0.2, 0.25) is 0 Å². The molecule has 0 atom stereocenters. The molecule has 0 radical (unpaired) electrons. The fourth-order valence-electron chi connectivity index (χ4n) is 0.571. The SMILES string of the molecule is FC(F)C(F)(F)CNCCOC(F)(F)F. The number of ether oxygens (including phenoxy) is 1. The summed E-state index contributed by atoms with van der Waals surface area (Å²) in [6.07, 6.45) is -8.71. The highest BCUT2D eigenvalue weighted by atomic mass is 19.4. The summed E-state index contributed by atoms with van der Waals surface area (Å²) in [4.78, 5) is 0.